The number of aromatic nitrogens is 2. The highest BCUT2D eigenvalue weighted by atomic mass is 19.1. The van der Waals surface area contributed by atoms with Crippen LogP contribution in [0.15, 0.2) is 23.0 Å². The second-order valence-corrected chi connectivity index (χ2v) is 9.56. The summed E-state index contributed by atoms with van der Waals surface area (Å²) in [5, 5.41) is 15.2. The number of carbonyl (C=O) groups excluding carboxylic acids is 1. The first-order chi connectivity index (χ1) is 16.8. The van der Waals surface area contributed by atoms with Gasteiger partial charge in [0, 0.05) is 29.1 Å². The summed E-state index contributed by atoms with van der Waals surface area (Å²) in [5.41, 5.74) is 4.74. The van der Waals surface area contributed by atoms with Gasteiger partial charge in [-0.3, -0.25) is 4.79 Å². The Kier molecular flexibility index (Phi) is 4.78. The molecule has 1 aliphatic carbocycles. The summed E-state index contributed by atoms with van der Waals surface area (Å²) in [6, 6.07) is 3.17. The zero-order valence-corrected chi connectivity index (χ0v) is 19.9. The minimum atomic E-state index is -1.88. The number of fused-ring (bicyclic) bond motifs is 5. The van der Waals surface area contributed by atoms with E-state index in [2.05, 4.69) is 11.4 Å². The quantitative estimate of drug-likeness (QED) is 0.443. The van der Waals surface area contributed by atoms with Crippen LogP contribution in [0, 0.1) is 12.7 Å². The highest BCUT2D eigenvalue weighted by molar-refractivity contribution is 6.01. The van der Waals surface area contributed by atoms with E-state index in [1.165, 1.54) is 6.07 Å². The Balaban J connectivity index is 1.69. The van der Waals surface area contributed by atoms with E-state index in [1.54, 1.807) is 24.5 Å². The number of rotatable bonds is 3. The summed E-state index contributed by atoms with van der Waals surface area (Å²) in [7, 11) is 1.89. The molecule has 35 heavy (non-hydrogen) atoms. The number of hydrogen-bond donors (Lipinski definition) is 2. The third-order valence-corrected chi connectivity index (χ3v) is 7.82. The van der Waals surface area contributed by atoms with Crippen LogP contribution in [0.2, 0.25) is 0 Å². The summed E-state index contributed by atoms with van der Waals surface area (Å²) in [6.45, 7) is 4.32. The average Bonchev–Trinajstić information content (AvgIpc) is 3.22. The van der Waals surface area contributed by atoms with Crippen LogP contribution >= 0.6 is 0 Å². The van der Waals surface area contributed by atoms with Gasteiger partial charge >= 0.3 is 5.97 Å². The molecule has 6 rings (SSSR count). The number of nitrogens with one attached hydrogen (secondary N) is 1. The number of cyclic esters (lactones) is 1. The van der Waals surface area contributed by atoms with Crippen LogP contribution in [0.4, 0.5) is 4.39 Å². The molecule has 0 radical (unpaired) electrons. The number of aliphatic hydroxyl groups is 1. The normalized spacial score (nSPS) is 21.2. The maximum atomic E-state index is 14.9. The lowest BCUT2D eigenvalue weighted by Crippen LogP contribution is -2.44. The lowest BCUT2D eigenvalue weighted by Gasteiger charge is -2.31. The molecule has 2 N–H and O–H groups in total. The first-order valence-electron chi connectivity index (χ1n) is 12.0. The van der Waals surface area contributed by atoms with Gasteiger partial charge in [-0.2, -0.15) is 0 Å². The number of likely N-dealkylation sites (N-methyl/N-ethyl adjacent to an activating group) is 1. The van der Waals surface area contributed by atoms with Gasteiger partial charge in [0.05, 0.1) is 29.0 Å². The lowest BCUT2D eigenvalue weighted by molar-refractivity contribution is -0.172. The number of aryl methyl sites for hydroxylation is 1. The van der Waals surface area contributed by atoms with Gasteiger partial charge < -0.3 is 19.7 Å². The molecule has 1 atom stereocenters. The van der Waals surface area contributed by atoms with Gasteiger partial charge in [0.2, 0.25) is 0 Å². The highest BCUT2D eigenvalue weighted by Gasteiger charge is 2.45. The van der Waals surface area contributed by atoms with Crippen LogP contribution in [0.1, 0.15) is 53.1 Å². The fraction of sp³-hybridized carbons (Fsp3) is 0.370. The molecule has 8 heteroatoms. The maximum absolute atomic E-state index is 14.9. The molecule has 2 aliphatic heterocycles. The van der Waals surface area contributed by atoms with Crippen molar-refractivity contribution in [1.82, 2.24) is 14.9 Å². The molecule has 7 nitrogen and oxygen atoms in total. The number of pyridine rings is 2. The van der Waals surface area contributed by atoms with Crippen molar-refractivity contribution in [3.63, 3.8) is 0 Å². The topological polar surface area (TPSA) is 93.5 Å². The molecule has 0 saturated heterocycles. The number of benzene rings is 1. The van der Waals surface area contributed by atoms with Crippen molar-refractivity contribution < 1.29 is 19.0 Å². The first kappa shape index (κ1) is 22.1. The zero-order valence-electron chi connectivity index (χ0n) is 19.9. The van der Waals surface area contributed by atoms with E-state index in [1.807, 2.05) is 7.05 Å². The van der Waals surface area contributed by atoms with E-state index >= 15 is 0 Å². The Morgan fingerprint density at radius 2 is 2.06 bits per heavy atom. The van der Waals surface area contributed by atoms with Crippen molar-refractivity contribution >= 4 is 22.4 Å². The number of esters is 1. The molecule has 0 saturated carbocycles. The fourth-order valence-corrected chi connectivity index (χ4v) is 5.87. The van der Waals surface area contributed by atoms with Gasteiger partial charge in [0.25, 0.3) is 5.56 Å². The van der Waals surface area contributed by atoms with Crippen LogP contribution in [0.3, 0.4) is 0 Å². The van der Waals surface area contributed by atoms with Crippen LogP contribution in [0.25, 0.3) is 27.9 Å². The Morgan fingerprint density at radius 1 is 1.26 bits per heavy atom. The van der Waals surface area contributed by atoms with Crippen molar-refractivity contribution in [2.75, 3.05) is 13.6 Å². The number of allylic oxidation sites excluding steroid dienone is 1. The number of halogens is 1. The second-order valence-electron chi connectivity index (χ2n) is 9.56. The minimum absolute atomic E-state index is 0.0791. The predicted molar refractivity (Wildman–Crippen MR) is 129 cm³/mol. The van der Waals surface area contributed by atoms with Gasteiger partial charge in [-0.05, 0) is 61.6 Å². The van der Waals surface area contributed by atoms with Gasteiger partial charge in [0.1, 0.15) is 12.4 Å². The van der Waals surface area contributed by atoms with Crippen molar-refractivity contribution in [2.24, 2.45) is 0 Å². The van der Waals surface area contributed by atoms with Crippen LogP contribution in [-0.2, 0) is 34.7 Å². The van der Waals surface area contributed by atoms with Crippen LogP contribution in [-0.4, -0.2) is 34.2 Å². The molecule has 3 aliphatic rings. The number of hydrogen-bond acceptors (Lipinski definition) is 6. The van der Waals surface area contributed by atoms with Crippen molar-refractivity contribution in [2.45, 2.75) is 51.9 Å². The average molecular weight is 476 g/mol. The van der Waals surface area contributed by atoms with E-state index in [-0.39, 0.29) is 35.5 Å². The maximum Gasteiger partial charge on any atom is 0.343 e. The Morgan fingerprint density at radius 3 is 2.80 bits per heavy atom. The zero-order chi connectivity index (χ0) is 24.6. The first-order valence-corrected chi connectivity index (χ1v) is 12.0. The Labute approximate surface area is 201 Å². The van der Waals surface area contributed by atoms with E-state index in [9.17, 15) is 19.1 Å². The summed E-state index contributed by atoms with van der Waals surface area (Å²) in [5.74, 6) is -1.05. The largest absolute Gasteiger partial charge is 0.458 e. The molecule has 4 heterocycles. The van der Waals surface area contributed by atoms with Gasteiger partial charge in [0.15, 0.2) is 5.60 Å². The molecular formula is C27H26FN3O4. The number of carbonyl (C=O) groups is 1. The van der Waals surface area contributed by atoms with Gasteiger partial charge in [-0.25, -0.2) is 14.2 Å². The SMILES string of the molecule is CC[C@@]1(O)C(=O)OCc2c1cc1n(c2=O)Cc2c-1nc1cc(F)c(C)c3c1c2/C(=C/CNC)CC3. The lowest BCUT2D eigenvalue weighted by atomic mass is 9.81. The van der Waals surface area contributed by atoms with Crippen LogP contribution in [0.5, 0.6) is 0 Å². The highest BCUT2D eigenvalue weighted by Crippen LogP contribution is 2.46. The molecule has 0 bridgehead atoms. The standard InChI is InChI=1S/C27H26FN3O4/c1-4-27(34)18-9-21-24-16(11-31(21)25(32)17(18)12-35-26(27)33)22-14(7-8-29-3)5-6-15-13(2)19(28)10-20(30-24)23(15)22/h7,9-10,29,34H,4-6,8,11-12H2,1-3H3/b14-7+/t27-/m0/s1. The smallest absolute Gasteiger partial charge is 0.343 e. The minimum Gasteiger partial charge on any atom is -0.458 e. The third kappa shape index (κ3) is 2.87. The molecule has 0 fully saturated rings. The molecule has 1 aromatic carbocycles. The molecule has 0 spiro atoms. The van der Waals surface area contributed by atoms with Crippen LogP contribution < -0.4 is 10.9 Å². The predicted octanol–water partition coefficient (Wildman–Crippen LogP) is 3.08. The summed E-state index contributed by atoms with van der Waals surface area (Å²) in [4.78, 5) is 30.9. The van der Waals surface area contributed by atoms with E-state index in [0.29, 0.717) is 35.6 Å². The summed E-state index contributed by atoms with van der Waals surface area (Å²) in [6.07, 6.45) is 3.73. The third-order valence-electron chi connectivity index (χ3n) is 7.82. The van der Waals surface area contributed by atoms with Crippen molar-refractivity contribution in [3.05, 3.63) is 67.8 Å². The molecule has 0 amide bonds. The second kappa shape index (κ2) is 7.57. The number of ether oxygens (including phenoxy) is 1. The van der Waals surface area contributed by atoms with Crippen molar-refractivity contribution in [1.29, 1.82) is 0 Å². The summed E-state index contributed by atoms with van der Waals surface area (Å²) >= 11 is 0. The van der Waals surface area contributed by atoms with Crippen molar-refractivity contribution in [3.8, 4) is 11.4 Å². The molecule has 3 aromatic rings. The Hall–Kier alpha value is -3.36. The number of nitrogens with zero attached hydrogens (tertiary/aromatic N) is 2. The fourth-order valence-electron chi connectivity index (χ4n) is 5.87. The monoisotopic (exact) mass is 475 g/mol. The van der Waals surface area contributed by atoms with Gasteiger partial charge in [-0.15, -0.1) is 0 Å². The molecule has 2 aromatic heterocycles. The van der Waals surface area contributed by atoms with E-state index < -0.39 is 11.6 Å². The molecular weight excluding hydrogens is 449 g/mol. The molecule has 0 unspecified atom stereocenters. The van der Waals surface area contributed by atoms with E-state index in [4.69, 9.17) is 9.72 Å². The Bertz CT molecular complexity index is 1550. The van der Waals surface area contributed by atoms with E-state index in [0.717, 1.165) is 40.5 Å². The summed E-state index contributed by atoms with van der Waals surface area (Å²) < 4.78 is 21.7. The van der Waals surface area contributed by atoms with Gasteiger partial charge in [-0.1, -0.05) is 13.0 Å². The molecule has 180 valence electrons.